The molecule has 0 aromatic heterocycles. The molecule has 1 aliphatic heterocycles. The van der Waals surface area contributed by atoms with Gasteiger partial charge in [0.2, 0.25) is 0 Å². The molecule has 2 aromatic carbocycles. The van der Waals surface area contributed by atoms with Gasteiger partial charge in [-0.25, -0.2) is 8.57 Å². The molecule has 3 atom stereocenters. The fourth-order valence-corrected chi connectivity index (χ4v) is 3.71. The highest BCUT2D eigenvalue weighted by molar-refractivity contribution is 7.80. The van der Waals surface area contributed by atoms with Gasteiger partial charge in [-0.1, -0.05) is 36.4 Å². The lowest BCUT2D eigenvalue weighted by atomic mass is 9.86. The van der Waals surface area contributed by atoms with Gasteiger partial charge in [-0.3, -0.25) is 4.55 Å². The number of piperidine rings is 1. The number of hydrogen-bond acceptors (Lipinski definition) is 5. The molecular weight excluding hydrogens is 361 g/mol. The van der Waals surface area contributed by atoms with Gasteiger partial charge in [0.25, 0.3) is 0 Å². The molecule has 2 N–H and O–H groups in total. The second-order valence-electron chi connectivity index (χ2n) is 6.13. The van der Waals surface area contributed by atoms with Crippen LogP contribution >= 0.6 is 0 Å². The molecule has 3 rings (SSSR count). The van der Waals surface area contributed by atoms with Crippen LogP contribution in [0.3, 0.4) is 0 Å². The maximum atomic E-state index is 13.5. The van der Waals surface area contributed by atoms with Gasteiger partial charge in [0.1, 0.15) is 17.7 Å². The minimum absolute atomic E-state index is 0.250. The van der Waals surface area contributed by atoms with E-state index in [2.05, 4.69) is 5.32 Å². The zero-order valence-electron chi connectivity index (χ0n) is 13.9. The largest absolute Gasteiger partial charge is 0.485 e. The summed E-state index contributed by atoms with van der Waals surface area (Å²) in [7, 11) is -4.61. The molecule has 1 fully saturated rings. The quantitative estimate of drug-likeness (QED) is 0.749. The number of nitrogens with one attached hydrogen (secondary N) is 1. The maximum absolute atomic E-state index is 13.5. The van der Waals surface area contributed by atoms with Gasteiger partial charge >= 0.3 is 10.4 Å². The van der Waals surface area contributed by atoms with Crippen molar-refractivity contribution in [2.75, 3.05) is 13.1 Å². The van der Waals surface area contributed by atoms with Crippen LogP contribution in [-0.4, -0.2) is 32.2 Å². The van der Waals surface area contributed by atoms with Crippen molar-refractivity contribution in [2.24, 2.45) is 5.92 Å². The molecule has 0 bridgehead atoms. The van der Waals surface area contributed by atoms with Crippen molar-refractivity contribution in [3.05, 3.63) is 66.0 Å². The molecule has 0 radical (unpaired) electrons. The lowest BCUT2D eigenvalue weighted by Crippen LogP contribution is -2.46. The molecule has 1 heterocycles. The van der Waals surface area contributed by atoms with E-state index in [0.717, 1.165) is 5.56 Å². The van der Waals surface area contributed by atoms with Crippen LogP contribution in [0.2, 0.25) is 0 Å². The standard InChI is InChI=1S/C18H20FNO5S/c19-14-7-4-8-15(11-14)24-18(13-5-2-1-3-6-13)16-9-10-20-12-17(16)25-26(21,22)23/h1-8,11,16-18,20H,9-10,12H2,(H,21,22,23). The van der Waals surface area contributed by atoms with Crippen molar-refractivity contribution in [1.82, 2.24) is 5.32 Å². The minimum atomic E-state index is -4.61. The van der Waals surface area contributed by atoms with Crippen molar-refractivity contribution < 1.29 is 26.3 Å². The predicted octanol–water partition coefficient (Wildman–Crippen LogP) is 2.74. The summed E-state index contributed by atoms with van der Waals surface area (Å²) in [5.41, 5.74) is 0.813. The third-order valence-corrected chi connectivity index (χ3v) is 4.79. The molecular formula is C18H20FNO5S. The van der Waals surface area contributed by atoms with E-state index in [9.17, 15) is 12.8 Å². The van der Waals surface area contributed by atoms with Crippen LogP contribution in [-0.2, 0) is 14.6 Å². The van der Waals surface area contributed by atoms with E-state index in [0.29, 0.717) is 18.7 Å². The summed E-state index contributed by atoms with van der Waals surface area (Å²) in [6.45, 7) is 0.895. The minimum Gasteiger partial charge on any atom is -0.485 e. The average molecular weight is 381 g/mol. The summed E-state index contributed by atoms with van der Waals surface area (Å²) in [4.78, 5) is 0. The van der Waals surface area contributed by atoms with E-state index < -0.39 is 28.4 Å². The van der Waals surface area contributed by atoms with Crippen LogP contribution in [0.4, 0.5) is 4.39 Å². The van der Waals surface area contributed by atoms with Crippen LogP contribution < -0.4 is 10.1 Å². The van der Waals surface area contributed by atoms with Gasteiger partial charge in [-0.05, 0) is 30.7 Å². The Labute approximate surface area is 151 Å². The highest BCUT2D eigenvalue weighted by Gasteiger charge is 2.37. The Hall–Kier alpha value is -2.00. The van der Waals surface area contributed by atoms with Gasteiger partial charge in [-0.15, -0.1) is 0 Å². The molecule has 6 nitrogen and oxygen atoms in total. The summed E-state index contributed by atoms with van der Waals surface area (Å²) in [6.07, 6.45) is -0.806. The Balaban J connectivity index is 1.93. The predicted molar refractivity (Wildman–Crippen MR) is 93.6 cm³/mol. The third kappa shape index (κ3) is 5.01. The second kappa shape index (κ2) is 8.13. The van der Waals surface area contributed by atoms with Crippen LogP contribution in [0.25, 0.3) is 0 Å². The molecule has 140 valence electrons. The third-order valence-electron chi connectivity index (χ3n) is 4.30. The van der Waals surface area contributed by atoms with Crippen LogP contribution in [0.5, 0.6) is 5.75 Å². The Kier molecular flexibility index (Phi) is 5.87. The molecule has 0 saturated carbocycles. The Morgan fingerprint density at radius 2 is 1.92 bits per heavy atom. The zero-order chi connectivity index (χ0) is 18.6. The van der Waals surface area contributed by atoms with E-state index in [-0.39, 0.29) is 12.5 Å². The van der Waals surface area contributed by atoms with Crippen molar-refractivity contribution in [3.8, 4) is 5.75 Å². The highest BCUT2D eigenvalue weighted by Crippen LogP contribution is 2.35. The van der Waals surface area contributed by atoms with Crippen molar-refractivity contribution in [2.45, 2.75) is 18.6 Å². The van der Waals surface area contributed by atoms with Crippen molar-refractivity contribution >= 4 is 10.4 Å². The van der Waals surface area contributed by atoms with Crippen molar-refractivity contribution in [1.29, 1.82) is 0 Å². The molecule has 0 spiro atoms. The van der Waals surface area contributed by atoms with Gasteiger partial charge in [0.15, 0.2) is 0 Å². The Morgan fingerprint density at radius 3 is 2.62 bits per heavy atom. The topological polar surface area (TPSA) is 84.9 Å². The smallest absolute Gasteiger partial charge is 0.397 e. The van der Waals surface area contributed by atoms with Crippen molar-refractivity contribution in [3.63, 3.8) is 0 Å². The Bertz CT molecular complexity index is 830. The normalized spacial score (nSPS) is 21.9. The fourth-order valence-electron chi connectivity index (χ4n) is 3.19. The lowest BCUT2D eigenvalue weighted by Gasteiger charge is -2.36. The molecule has 1 saturated heterocycles. The van der Waals surface area contributed by atoms with E-state index >= 15 is 0 Å². The molecule has 2 aromatic rings. The summed E-state index contributed by atoms with van der Waals surface area (Å²) >= 11 is 0. The number of benzene rings is 2. The van der Waals surface area contributed by atoms with E-state index in [4.69, 9.17) is 13.5 Å². The molecule has 26 heavy (non-hydrogen) atoms. The second-order valence-corrected chi connectivity index (χ2v) is 7.17. The number of hydrogen-bond donors (Lipinski definition) is 2. The lowest BCUT2D eigenvalue weighted by molar-refractivity contribution is 0.0182. The van der Waals surface area contributed by atoms with E-state index in [1.165, 1.54) is 12.1 Å². The maximum Gasteiger partial charge on any atom is 0.397 e. The number of halogens is 1. The first-order valence-corrected chi connectivity index (χ1v) is 9.62. The summed E-state index contributed by atoms with van der Waals surface area (Å²) in [6, 6.07) is 15.0. The van der Waals surface area contributed by atoms with Gasteiger partial charge in [0, 0.05) is 18.5 Å². The molecule has 1 aliphatic rings. The first kappa shape index (κ1) is 18.8. The number of rotatable bonds is 6. The SMILES string of the molecule is O=S(=O)(O)OC1CNCCC1C(Oc1cccc(F)c1)c1ccccc1. The summed E-state index contributed by atoms with van der Waals surface area (Å²) < 4.78 is 56.0. The van der Waals surface area contributed by atoms with E-state index in [1.807, 2.05) is 30.3 Å². The zero-order valence-corrected chi connectivity index (χ0v) is 14.7. The Morgan fingerprint density at radius 1 is 1.15 bits per heavy atom. The highest BCUT2D eigenvalue weighted by atomic mass is 32.3. The average Bonchev–Trinajstić information content (AvgIpc) is 2.60. The first-order chi connectivity index (χ1) is 12.4. The fraction of sp³-hybridized carbons (Fsp3) is 0.333. The van der Waals surface area contributed by atoms with Gasteiger partial charge < -0.3 is 10.1 Å². The molecule has 0 amide bonds. The monoisotopic (exact) mass is 381 g/mol. The summed E-state index contributed by atoms with van der Waals surface area (Å²) in [5.74, 6) is -0.447. The van der Waals surface area contributed by atoms with E-state index in [1.54, 1.807) is 12.1 Å². The summed E-state index contributed by atoms with van der Waals surface area (Å²) in [5, 5.41) is 3.05. The first-order valence-electron chi connectivity index (χ1n) is 8.26. The van der Waals surface area contributed by atoms with Crippen LogP contribution in [0, 0.1) is 11.7 Å². The molecule has 0 aliphatic carbocycles. The van der Waals surface area contributed by atoms with Gasteiger partial charge in [0.05, 0.1) is 6.10 Å². The molecule has 8 heteroatoms. The van der Waals surface area contributed by atoms with Gasteiger partial charge in [-0.2, -0.15) is 8.42 Å². The molecule has 3 unspecified atom stereocenters. The van der Waals surface area contributed by atoms with Crippen LogP contribution in [0.15, 0.2) is 54.6 Å². The van der Waals surface area contributed by atoms with Crippen LogP contribution in [0.1, 0.15) is 18.1 Å². The number of ether oxygens (including phenoxy) is 1.